The largest absolute Gasteiger partial charge is 0.494 e. The average molecular weight is 411 g/mol. The Labute approximate surface area is 173 Å². The van der Waals surface area contributed by atoms with Crippen LogP contribution < -0.4 is 21.1 Å². The van der Waals surface area contributed by atoms with Crippen LogP contribution in [0.4, 0.5) is 23.3 Å². The fourth-order valence-corrected chi connectivity index (χ4v) is 3.11. The summed E-state index contributed by atoms with van der Waals surface area (Å²) in [6.45, 7) is 2.53. The van der Waals surface area contributed by atoms with Gasteiger partial charge in [-0.1, -0.05) is 18.2 Å². The number of ether oxygens (including phenoxy) is 1. The Morgan fingerprint density at radius 1 is 1.03 bits per heavy atom. The molecule has 0 aliphatic carbocycles. The highest BCUT2D eigenvalue weighted by molar-refractivity contribution is 7.99. The predicted octanol–water partition coefficient (Wildman–Crippen LogP) is 3.47. The minimum absolute atomic E-state index is 0.108. The number of rotatable bonds is 9. The molecule has 0 aliphatic rings. The van der Waals surface area contributed by atoms with Gasteiger partial charge in [-0.3, -0.25) is 4.79 Å². The number of aromatic nitrogens is 3. The monoisotopic (exact) mass is 410 g/mol. The molecule has 3 aromatic rings. The second-order valence-corrected chi connectivity index (χ2v) is 6.91. The lowest BCUT2D eigenvalue weighted by Gasteiger charge is -2.08. The Bertz CT molecular complexity index is 937. The van der Waals surface area contributed by atoms with Gasteiger partial charge in [-0.25, -0.2) is 0 Å². The highest BCUT2D eigenvalue weighted by Gasteiger charge is 2.08. The number of nitrogens with two attached hydrogens (primary N) is 1. The Morgan fingerprint density at radius 2 is 1.79 bits per heavy atom. The number of carbonyl (C=O) groups is 1. The van der Waals surface area contributed by atoms with Gasteiger partial charge in [0.2, 0.25) is 17.8 Å². The molecule has 1 aromatic heterocycles. The first-order chi connectivity index (χ1) is 14.1. The number of amides is 1. The molecule has 150 valence electrons. The molecule has 0 saturated heterocycles. The van der Waals surface area contributed by atoms with Crippen LogP contribution in [0.3, 0.4) is 0 Å². The van der Waals surface area contributed by atoms with Crippen molar-refractivity contribution in [3.8, 4) is 5.75 Å². The molecule has 2 aromatic carbocycles. The molecule has 0 saturated carbocycles. The predicted molar refractivity (Wildman–Crippen MR) is 116 cm³/mol. The van der Waals surface area contributed by atoms with Crippen molar-refractivity contribution in [3.63, 3.8) is 0 Å². The summed E-state index contributed by atoms with van der Waals surface area (Å²) in [5.41, 5.74) is 7.35. The van der Waals surface area contributed by atoms with E-state index in [-0.39, 0.29) is 17.6 Å². The van der Waals surface area contributed by atoms with Crippen molar-refractivity contribution in [2.75, 3.05) is 28.7 Å². The molecule has 29 heavy (non-hydrogen) atoms. The molecule has 3 rings (SSSR count). The number of thioether (sulfide) groups is 1. The smallest absolute Gasteiger partial charge is 0.234 e. The number of nitrogens with zero attached hydrogens (tertiary/aromatic N) is 3. The normalized spacial score (nSPS) is 10.4. The maximum Gasteiger partial charge on any atom is 0.234 e. The molecule has 0 fully saturated rings. The van der Waals surface area contributed by atoms with E-state index in [9.17, 15) is 4.79 Å². The number of carbonyl (C=O) groups excluding carboxylic acids is 1. The van der Waals surface area contributed by atoms with E-state index in [0.717, 1.165) is 17.1 Å². The second-order valence-electron chi connectivity index (χ2n) is 5.92. The van der Waals surface area contributed by atoms with Gasteiger partial charge in [0, 0.05) is 11.4 Å². The molecule has 1 amide bonds. The summed E-state index contributed by atoms with van der Waals surface area (Å²) < 4.78 is 5.39. The van der Waals surface area contributed by atoms with E-state index in [0.29, 0.717) is 24.1 Å². The maximum absolute atomic E-state index is 12.1. The van der Waals surface area contributed by atoms with Gasteiger partial charge in [0.1, 0.15) is 11.6 Å². The van der Waals surface area contributed by atoms with Gasteiger partial charge in [0.15, 0.2) is 0 Å². The summed E-state index contributed by atoms with van der Waals surface area (Å²) in [5, 5.41) is 5.94. The average Bonchev–Trinajstić information content (AvgIpc) is 2.70. The van der Waals surface area contributed by atoms with E-state index in [2.05, 4.69) is 25.6 Å². The van der Waals surface area contributed by atoms with Gasteiger partial charge >= 0.3 is 0 Å². The Morgan fingerprint density at radius 3 is 2.52 bits per heavy atom. The molecule has 0 aliphatic heterocycles. The first kappa shape index (κ1) is 20.4. The first-order valence-electron chi connectivity index (χ1n) is 9.05. The van der Waals surface area contributed by atoms with E-state index < -0.39 is 0 Å². The minimum Gasteiger partial charge on any atom is -0.494 e. The molecule has 1 heterocycles. The Balaban J connectivity index is 1.50. The Hall–Kier alpha value is -3.33. The van der Waals surface area contributed by atoms with Crippen molar-refractivity contribution in [2.24, 2.45) is 0 Å². The SMILES string of the molecule is CCOc1ccc(NC(=O)CSCc2nc(N)nc(Nc3ccccc3)n2)cc1. The van der Waals surface area contributed by atoms with E-state index >= 15 is 0 Å². The summed E-state index contributed by atoms with van der Waals surface area (Å²) in [4.78, 5) is 24.7. The van der Waals surface area contributed by atoms with Crippen LogP contribution >= 0.6 is 11.8 Å². The summed E-state index contributed by atoms with van der Waals surface area (Å²) in [6.07, 6.45) is 0. The number of anilines is 4. The molecule has 0 radical (unpaired) electrons. The van der Waals surface area contributed by atoms with Crippen LogP contribution in [-0.2, 0) is 10.5 Å². The molecular weight excluding hydrogens is 388 g/mol. The van der Waals surface area contributed by atoms with Crippen molar-refractivity contribution >= 4 is 40.9 Å². The summed E-state index contributed by atoms with van der Waals surface area (Å²) >= 11 is 1.40. The van der Waals surface area contributed by atoms with Gasteiger partial charge < -0.3 is 21.1 Å². The third kappa shape index (κ3) is 6.65. The molecule has 0 bridgehead atoms. The molecule has 0 atom stereocenters. The van der Waals surface area contributed by atoms with Crippen molar-refractivity contribution in [1.29, 1.82) is 0 Å². The molecule has 0 unspecified atom stereocenters. The number of nitrogens with one attached hydrogen (secondary N) is 2. The van der Waals surface area contributed by atoms with Crippen LogP contribution in [0.5, 0.6) is 5.75 Å². The van der Waals surface area contributed by atoms with Gasteiger partial charge in [0.05, 0.1) is 18.1 Å². The van der Waals surface area contributed by atoms with Crippen molar-refractivity contribution < 1.29 is 9.53 Å². The summed E-state index contributed by atoms with van der Waals surface area (Å²) in [6, 6.07) is 16.8. The molecular formula is C20H22N6O2S. The van der Waals surface area contributed by atoms with Crippen molar-refractivity contribution in [2.45, 2.75) is 12.7 Å². The summed E-state index contributed by atoms with van der Waals surface area (Å²) in [7, 11) is 0. The molecule has 0 spiro atoms. The lowest BCUT2D eigenvalue weighted by molar-refractivity contribution is -0.113. The topological polar surface area (TPSA) is 115 Å². The van der Waals surface area contributed by atoms with Crippen LogP contribution in [0.15, 0.2) is 54.6 Å². The first-order valence-corrected chi connectivity index (χ1v) is 10.2. The van der Waals surface area contributed by atoms with Gasteiger partial charge in [-0.2, -0.15) is 15.0 Å². The van der Waals surface area contributed by atoms with Crippen LogP contribution in [0.1, 0.15) is 12.7 Å². The van der Waals surface area contributed by atoms with E-state index in [1.54, 1.807) is 0 Å². The summed E-state index contributed by atoms with van der Waals surface area (Å²) in [5.74, 6) is 2.38. The molecule has 9 heteroatoms. The molecule has 4 N–H and O–H groups in total. The Kier molecular flexibility index (Phi) is 7.23. The van der Waals surface area contributed by atoms with Crippen molar-refractivity contribution in [3.05, 3.63) is 60.4 Å². The number of nitrogen functional groups attached to an aromatic ring is 1. The maximum atomic E-state index is 12.1. The van der Waals surface area contributed by atoms with E-state index in [1.807, 2.05) is 61.5 Å². The van der Waals surface area contributed by atoms with E-state index in [4.69, 9.17) is 10.5 Å². The van der Waals surface area contributed by atoms with Gasteiger partial charge in [-0.05, 0) is 43.3 Å². The standard InChI is InChI=1S/C20H22N6O2S/c1-2-28-16-10-8-15(9-11-16)22-18(27)13-29-12-17-24-19(21)26-20(25-17)23-14-6-4-3-5-7-14/h3-11H,2,12-13H2,1H3,(H,22,27)(H3,21,23,24,25,26). The number of benzene rings is 2. The zero-order valence-electron chi connectivity index (χ0n) is 16.0. The number of para-hydroxylation sites is 1. The lowest BCUT2D eigenvalue weighted by atomic mass is 10.3. The third-order valence-corrected chi connectivity index (χ3v) is 4.57. The van der Waals surface area contributed by atoms with Gasteiger partial charge in [0.25, 0.3) is 0 Å². The van der Waals surface area contributed by atoms with Gasteiger partial charge in [-0.15, -0.1) is 11.8 Å². The zero-order chi connectivity index (χ0) is 20.5. The second kappa shape index (κ2) is 10.3. The number of hydrogen-bond acceptors (Lipinski definition) is 8. The quantitative estimate of drug-likeness (QED) is 0.491. The lowest BCUT2D eigenvalue weighted by Crippen LogP contribution is -2.14. The fraction of sp³-hybridized carbons (Fsp3) is 0.200. The van der Waals surface area contributed by atoms with Crippen LogP contribution in [0.25, 0.3) is 0 Å². The van der Waals surface area contributed by atoms with Crippen LogP contribution in [-0.4, -0.2) is 33.2 Å². The van der Waals surface area contributed by atoms with Crippen LogP contribution in [0.2, 0.25) is 0 Å². The highest BCUT2D eigenvalue weighted by Crippen LogP contribution is 2.17. The van der Waals surface area contributed by atoms with Crippen LogP contribution in [0, 0.1) is 0 Å². The third-order valence-electron chi connectivity index (χ3n) is 3.64. The zero-order valence-corrected chi connectivity index (χ0v) is 16.8. The molecule has 8 nitrogen and oxygen atoms in total. The number of hydrogen-bond donors (Lipinski definition) is 3. The van der Waals surface area contributed by atoms with E-state index in [1.165, 1.54) is 11.8 Å². The highest BCUT2D eigenvalue weighted by atomic mass is 32.2. The van der Waals surface area contributed by atoms with Crippen molar-refractivity contribution in [1.82, 2.24) is 15.0 Å². The minimum atomic E-state index is -0.108. The fourth-order valence-electron chi connectivity index (χ4n) is 2.44.